The number of carbonyl (C=O) groups is 1. The van der Waals surface area contributed by atoms with Crippen LogP contribution in [0.5, 0.6) is 5.75 Å². The number of para-hydroxylation sites is 2. The number of aromatic hydroxyl groups is 1. The second-order valence-electron chi connectivity index (χ2n) is 8.65. The van der Waals surface area contributed by atoms with Gasteiger partial charge in [-0.05, 0) is 54.0 Å². The van der Waals surface area contributed by atoms with Crippen LogP contribution < -0.4 is 10.2 Å². The van der Waals surface area contributed by atoms with Crippen LogP contribution in [-0.2, 0) is 11.2 Å². The Morgan fingerprint density at radius 3 is 2.67 bits per heavy atom. The molecule has 0 amide bonds. The minimum Gasteiger partial charge on any atom is -0.507 e. The third-order valence-electron chi connectivity index (χ3n) is 7.16. The summed E-state index contributed by atoms with van der Waals surface area (Å²) in [4.78, 5) is 16.6. The molecule has 0 saturated carbocycles. The minimum absolute atomic E-state index is 0.272. The molecule has 1 aliphatic carbocycles. The molecule has 0 aromatic heterocycles. The number of nitrogens with one attached hydrogen (secondary N) is 1. The highest BCUT2D eigenvalue weighted by Crippen LogP contribution is 2.44. The van der Waals surface area contributed by atoms with Crippen molar-refractivity contribution in [3.8, 4) is 5.75 Å². The monoisotopic (exact) mass is 399 g/mol. The number of phenolic OH excluding ortho intramolecular Hbond substituents is 1. The lowest BCUT2D eigenvalue weighted by molar-refractivity contribution is -0.108. The normalized spacial score (nSPS) is 23.5. The predicted molar refractivity (Wildman–Crippen MR) is 119 cm³/mol. The van der Waals surface area contributed by atoms with Gasteiger partial charge in [0.2, 0.25) is 0 Å². The fourth-order valence-electron chi connectivity index (χ4n) is 5.79. The molecule has 3 aliphatic rings. The number of phenols is 1. The molecule has 2 unspecified atom stereocenters. The van der Waals surface area contributed by atoms with Crippen LogP contribution in [-0.4, -0.2) is 41.6 Å². The number of anilines is 2. The minimum atomic E-state index is -0.272. The van der Waals surface area contributed by atoms with Crippen LogP contribution in [0.25, 0.3) is 10.8 Å². The number of carbonyl (C=O) groups excluding carboxylic acids is 1. The van der Waals surface area contributed by atoms with Gasteiger partial charge in [-0.1, -0.05) is 36.4 Å². The van der Waals surface area contributed by atoms with Gasteiger partial charge in [0.1, 0.15) is 5.75 Å². The first-order valence-electron chi connectivity index (χ1n) is 10.8. The Morgan fingerprint density at radius 2 is 1.83 bits per heavy atom. The molecule has 5 nitrogen and oxygen atoms in total. The standard InChI is InChI=1S/C25H25N3O2/c29-15-24-26-20-6-1-2-7-21(20)28(24)17-10-12-27(13-11-17)22-14-16-8-9-23(30)19-5-3-4-18(22)25(16)19/h1-9,15,17,22,24,26,30H,10-14H2. The van der Waals surface area contributed by atoms with E-state index in [1.165, 1.54) is 16.5 Å². The molecule has 1 fully saturated rings. The Hall–Kier alpha value is -3.05. The molecule has 2 heterocycles. The topological polar surface area (TPSA) is 55.8 Å². The summed E-state index contributed by atoms with van der Waals surface area (Å²) in [6.45, 7) is 2.02. The van der Waals surface area contributed by atoms with E-state index in [-0.39, 0.29) is 6.17 Å². The van der Waals surface area contributed by atoms with Crippen LogP contribution in [0, 0.1) is 0 Å². The molecular formula is C25H25N3O2. The maximum atomic E-state index is 11.7. The summed E-state index contributed by atoms with van der Waals surface area (Å²) in [5.74, 6) is 0.370. The fraction of sp³-hybridized carbons (Fsp3) is 0.320. The van der Waals surface area contributed by atoms with Gasteiger partial charge < -0.3 is 15.3 Å². The molecule has 30 heavy (non-hydrogen) atoms. The first kappa shape index (κ1) is 17.8. The number of nitrogens with zero attached hydrogens (tertiary/aromatic N) is 2. The van der Waals surface area contributed by atoms with Gasteiger partial charge >= 0.3 is 0 Å². The summed E-state index contributed by atoms with van der Waals surface area (Å²) < 4.78 is 0. The van der Waals surface area contributed by atoms with Gasteiger partial charge in [-0.2, -0.15) is 0 Å². The van der Waals surface area contributed by atoms with Crippen molar-refractivity contribution in [2.45, 2.75) is 37.5 Å². The van der Waals surface area contributed by atoms with Crippen molar-refractivity contribution >= 4 is 28.4 Å². The molecule has 5 heteroatoms. The second-order valence-corrected chi connectivity index (χ2v) is 8.65. The van der Waals surface area contributed by atoms with E-state index in [4.69, 9.17) is 0 Å². The summed E-state index contributed by atoms with van der Waals surface area (Å²) >= 11 is 0. The summed E-state index contributed by atoms with van der Waals surface area (Å²) in [5.41, 5.74) is 4.87. The second kappa shape index (κ2) is 6.74. The van der Waals surface area contributed by atoms with Gasteiger partial charge in [-0.25, -0.2) is 0 Å². The molecule has 2 atom stereocenters. The van der Waals surface area contributed by atoms with E-state index in [2.05, 4.69) is 39.4 Å². The number of aldehydes is 1. The third-order valence-corrected chi connectivity index (χ3v) is 7.16. The number of hydrogen-bond acceptors (Lipinski definition) is 5. The highest BCUT2D eigenvalue weighted by Gasteiger charge is 2.38. The van der Waals surface area contributed by atoms with Crippen molar-refractivity contribution in [3.05, 3.63) is 65.7 Å². The van der Waals surface area contributed by atoms with Crippen LogP contribution in [0.4, 0.5) is 11.4 Å². The molecule has 0 spiro atoms. The molecule has 6 rings (SSSR count). The highest BCUT2D eigenvalue weighted by molar-refractivity contribution is 5.95. The van der Waals surface area contributed by atoms with Gasteiger partial charge in [-0.3, -0.25) is 9.69 Å². The summed E-state index contributed by atoms with van der Waals surface area (Å²) in [5, 5.41) is 15.8. The average Bonchev–Trinajstić information content (AvgIpc) is 3.36. The first-order chi connectivity index (χ1) is 14.7. The number of hydrogen-bond donors (Lipinski definition) is 2. The van der Waals surface area contributed by atoms with E-state index in [1.807, 2.05) is 30.3 Å². The smallest absolute Gasteiger partial charge is 0.162 e. The number of benzene rings is 3. The molecule has 0 bridgehead atoms. The van der Waals surface area contributed by atoms with Crippen molar-refractivity contribution in [2.75, 3.05) is 23.3 Å². The van der Waals surface area contributed by atoms with Gasteiger partial charge in [0.25, 0.3) is 0 Å². The molecule has 3 aromatic carbocycles. The summed E-state index contributed by atoms with van der Waals surface area (Å²) in [6.07, 6.45) is 3.83. The zero-order valence-corrected chi connectivity index (χ0v) is 16.8. The van der Waals surface area contributed by atoms with Crippen LogP contribution in [0.1, 0.15) is 30.0 Å². The number of likely N-dealkylation sites (tertiary alicyclic amines) is 1. The Kier molecular flexibility index (Phi) is 4.00. The molecular weight excluding hydrogens is 374 g/mol. The fourth-order valence-corrected chi connectivity index (χ4v) is 5.79. The SMILES string of the molecule is O=CC1Nc2ccccc2N1C1CCN(C2Cc3ccc(O)c4cccc2c34)CC1. The zero-order valence-electron chi connectivity index (χ0n) is 16.8. The third kappa shape index (κ3) is 2.55. The Balaban J connectivity index is 1.23. The van der Waals surface area contributed by atoms with Gasteiger partial charge in [0, 0.05) is 30.6 Å². The van der Waals surface area contributed by atoms with E-state index < -0.39 is 0 Å². The highest BCUT2D eigenvalue weighted by atomic mass is 16.3. The van der Waals surface area contributed by atoms with Crippen molar-refractivity contribution in [1.29, 1.82) is 0 Å². The van der Waals surface area contributed by atoms with Crippen molar-refractivity contribution in [2.24, 2.45) is 0 Å². The lowest BCUT2D eigenvalue weighted by Gasteiger charge is -2.41. The molecule has 2 aliphatic heterocycles. The van der Waals surface area contributed by atoms with Crippen LogP contribution in [0.3, 0.4) is 0 Å². The largest absolute Gasteiger partial charge is 0.507 e. The van der Waals surface area contributed by atoms with E-state index in [0.29, 0.717) is 17.8 Å². The van der Waals surface area contributed by atoms with Crippen molar-refractivity contribution in [1.82, 2.24) is 4.90 Å². The van der Waals surface area contributed by atoms with Crippen molar-refractivity contribution < 1.29 is 9.90 Å². The number of fused-ring (bicyclic) bond motifs is 1. The number of piperidine rings is 1. The Morgan fingerprint density at radius 1 is 1.00 bits per heavy atom. The summed E-state index contributed by atoms with van der Waals surface area (Å²) in [7, 11) is 0. The molecule has 2 N–H and O–H groups in total. The molecule has 3 aromatic rings. The predicted octanol–water partition coefficient (Wildman–Crippen LogP) is 4.06. The molecule has 0 radical (unpaired) electrons. The molecule has 1 saturated heterocycles. The van der Waals surface area contributed by atoms with Gasteiger partial charge in [0.05, 0.1) is 11.4 Å². The van der Waals surface area contributed by atoms with Crippen LogP contribution >= 0.6 is 0 Å². The van der Waals surface area contributed by atoms with E-state index in [0.717, 1.165) is 55.4 Å². The Bertz CT molecular complexity index is 1140. The quantitative estimate of drug-likeness (QED) is 0.651. The Labute approximate surface area is 175 Å². The average molecular weight is 399 g/mol. The zero-order chi connectivity index (χ0) is 20.2. The van der Waals surface area contributed by atoms with Crippen LogP contribution in [0.15, 0.2) is 54.6 Å². The maximum absolute atomic E-state index is 11.7. The van der Waals surface area contributed by atoms with Gasteiger partial charge in [0.15, 0.2) is 12.5 Å². The molecule has 152 valence electrons. The van der Waals surface area contributed by atoms with E-state index >= 15 is 0 Å². The van der Waals surface area contributed by atoms with Gasteiger partial charge in [-0.15, -0.1) is 0 Å². The first-order valence-corrected chi connectivity index (χ1v) is 10.8. The van der Waals surface area contributed by atoms with E-state index in [9.17, 15) is 9.90 Å². The lowest BCUT2D eigenvalue weighted by atomic mass is 9.98. The van der Waals surface area contributed by atoms with Crippen molar-refractivity contribution in [3.63, 3.8) is 0 Å². The summed E-state index contributed by atoms with van der Waals surface area (Å²) in [6, 6.07) is 19.1. The maximum Gasteiger partial charge on any atom is 0.162 e. The van der Waals surface area contributed by atoms with Crippen LogP contribution in [0.2, 0.25) is 0 Å². The lowest BCUT2D eigenvalue weighted by Crippen LogP contribution is -2.50. The van der Waals surface area contributed by atoms with E-state index in [1.54, 1.807) is 0 Å². The number of rotatable bonds is 3.